The van der Waals surface area contributed by atoms with Crippen LogP contribution in [0.15, 0.2) is 18.2 Å². The molecule has 2 amide bonds. The van der Waals surface area contributed by atoms with Gasteiger partial charge in [-0.1, -0.05) is 44.6 Å². The van der Waals surface area contributed by atoms with E-state index in [1.54, 1.807) is 0 Å². The minimum atomic E-state index is -0.179. The Kier molecular flexibility index (Phi) is 6.97. The molecular formula is C39H55N3O2. The number of carbonyl (C=O) groups is 2. The Morgan fingerprint density at radius 3 is 1.16 bits per heavy atom. The van der Waals surface area contributed by atoms with Crippen LogP contribution in [0.4, 0.5) is 11.6 Å². The number of anilines is 2. The molecule has 10 aliphatic carbocycles. The molecule has 5 nitrogen and oxygen atoms in total. The molecule has 0 N–H and O–H groups in total. The first-order chi connectivity index (χ1) is 21.5. The number of amides is 2. The molecule has 0 radical (unpaired) electrons. The summed E-state index contributed by atoms with van der Waals surface area (Å²) in [5.74, 6) is 6.96. The number of nitrogens with zero attached hydrogens (tertiary/aromatic N) is 3. The van der Waals surface area contributed by atoms with Crippen molar-refractivity contribution in [1.82, 2.24) is 4.98 Å². The second-order valence-corrected chi connectivity index (χ2v) is 17.7. The molecule has 1 heterocycles. The monoisotopic (exact) mass is 597 g/mol. The van der Waals surface area contributed by atoms with Crippen LogP contribution in [0, 0.1) is 46.3 Å². The lowest BCUT2D eigenvalue weighted by atomic mass is 9.49. The molecule has 8 bridgehead atoms. The van der Waals surface area contributed by atoms with Crippen LogP contribution in [0.3, 0.4) is 0 Å². The number of hydrogen-bond donors (Lipinski definition) is 0. The topological polar surface area (TPSA) is 53.5 Å². The molecular weight excluding hydrogens is 542 g/mol. The maximum absolute atomic E-state index is 15.0. The molecule has 44 heavy (non-hydrogen) atoms. The molecule has 1 aromatic heterocycles. The first-order valence-corrected chi connectivity index (χ1v) is 19.1. The molecule has 5 heteroatoms. The van der Waals surface area contributed by atoms with Crippen LogP contribution >= 0.6 is 0 Å². The number of rotatable bonds is 6. The zero-order chi connectivity index (χ0) is 29.5. The average Bonchev–Trinajstić information content (AvgIpc) is 3.01. The van der Waals surface area contributed by atoms with Crippen molar-refractivity contribution in [1.29, 1.82) is 0 Å². The van der Waals surface area contributed by atoms with Gasteiger partial charge in [-0.05, 0) is 150 Å². The summed E-state index contributed by atoms with van der Waals surface area (Å²) in [7, 11) is 0. The first kappa shape index (κ1) is 28.3. The van der Waals surface area contributed by atoms with Gasteiger partial charge in [0.1, 0.15) is 11.6 Å². The summed E-state index contributed by atoms with van der Waals surface area (Å²) in [4.78, 5) is 40.0. The largest absolute Gasteiger partial charge is 0.293 e. The van der Waals surface area contributed by atoms with E-state index in [9.17, 15) is 0 Å². The van der Waals surface area contributed by atoms with Crippen LogP contribution in [0.2, 0.25) is 0 Å². The van der Waals surface area contributed by atoms with E-state index in [-0.39, 0.29) is 22.9 Å². The van der Waals surface area contributed by atoms with Crippen LogP contribution in [-0.4, -0.2) is 28.9 Å². The summed E-state index contributed by atoms with van der Waals surface area (Å²) in [6.07, 6.45) is 26.4. The van der Waals surface area contributed by atoms with Gasteiger partial charge in [0.25, 0.3) is 0 Å². The molecule has 0 unspecified atom stereocenters. The molecule has 0 saturated heterocycles. The normalized spacial score (nSPS) is 41.2. The lowest BCUT2D eigenvalue weighted by molar-refractivity contribution is -0.144. The zero-order valence-electron chi connectivity index (χ0n) is 27.1. The van der Waals surface area contributed by atoms with Crippen LogP contribution in [0.25, 0.3) is 0 Å². The summed E-state index contributed by atoms with van der Waals surface area (Å²) in [6, 6.07) is 6.85. The Balaban J connectivity index is 1.08. The van der Waals surface area contributed by atoms with Crippen molar-refractivity contribution in [3.63, 3.8) is 0 Å². The van der Waals surface area contributed by atoms with Gasteiger partial charge in [0.15, 0.2) is 0 Å². The van der Waals surface area contributed by atoms with Crippen LogP contribution in [-0.2, 0) is 9.59 Å². The smallest absolute Gasteiger partial charge is 0.234 e. The Morgan fingerprint density at radius 1 is 0.523 bits per heavy atom. The Labute approximate surface area is 265 Å². The minimum Gasteiger partial charge on any atom is -0.293 e. The van der Waals surface area contributed by atoms with Gasteiger partial charge in [-0.15, -0.1) is 0 Å². The van der Waals surface area contributed by atoms with E-state index < -0.39 is 0 Å². The molecule has 0 atom stereocenters. The van der Waals surface area contributed by atoms with Crippen LogP contribution in [0.1, 0.15) is 141 Å². The minimum absolute atomic E-state index is 0.179. The Morgan fingerprint density at radius 2 is 0.841 bits per heavy atom. The third-order valence-electron chi connectivity index (χ3n) is 14.5. The van der Waals surface area contributed by atoms with Crippen molar-refractivity contribution < 1.29 is 9.59 Å². The number of aromatic nitrogens is 1. The van der Waals surface area contributed by atoms with Crippen LogP contribution < -0.4 is 9.80 Å². The van der Waals surface area contributed by atoms with Crippen molar-refractivity contribution >= 4 is 23.5 Å². The Hall–Kier alpha value is -1.91. The average molecular weight is 598 g/mol. The van der Waals surface area contributed by atoms with Crippen molar-refractivity contribution in [2.24, 2.45) is 46.3 Å². The van der Waals surface area contributed by atoms with Crippen molar-refractivity contribution in [2.45, 2.75) is 153 Å². The van der Waals surface area contributed by atoms with Gasteiger partial charge in [-0.25, -0.2) is 4.98 Å². The summed E-state index contributed by atoms with van der Waals surface area (Å²) in [5, 5.41) is 0. The summed E-state index contributed by atoms with van der Waals surface area (Å²) in [6.45, 7) is 0. The third kappa shape index (κ3) is 4.71. The van der Waals surface area contributed by atoms with E-state index in [0.29, 0.717) is 11.8 Å². The lowest BCUT2D eigenvalue weighted by Gasteiger charge is -2.57. The molecule has 10 fully saturated rings. The van der Waals surface area contributed by atoms with Gasteiger partial charge in [0, 0.05) is 12.1 Å². The van der Waals surface area contributed by atoms with E-state index in [4.69, 9.17) is 4.98 Å². The van der Waals surface area contributed by atoms with E-state index in [1.165, 1.54) is 77.0 Å². The van der Waals surface area contributed by atoms with Crippen molar-refractivity contribution in [3.8, 4) is 0 Å². The maximum Gasteiger partial charge on any atom is 0.234 e. The highest BCUT2D eigenvalue weighted by molar-refractivity contribution is 6.00. The highest BCUT2D eigenvalue weighted by Crippen LogP contribution is 2.62. The first-order valence-electron chi connectivity index (χ1n) is 19.1. The molecule has 10 saturated carbocycles. The third-order valence-corrected chi connectivity index (χ3v) is 14.5. The summed E-state index contributed by atoms with van der Waals surface area (Å²) < 4.78 is 0. The molecule has 10 aliphatic rings. The highest BCUT2D eigenvalue weighted by atomic mass is 16.2. The molecule has 0 aliphatic heterocycles. The van der Waals surface area contributed by atoms with Crippen LogP contribution in [0.5, 0.6) is 0 Å². The molecule has 11 rings (SSSR count). The van der Waals surface area contributed by atoms with Gasteiger partial charge >= 0.3 is 0 Å². The van der Waals surface area contributed by atoms with Gasteiger partial charge in [-0.3, -0.25) is 19.4 Å². The van der Waals surface area contributed by atoms with Crippen molar-refractivity contribution in [2.75, 3.05) is 9.80 Å². The number of hydrogen-bond acceptors (Lipinski definition) is 3. The molecule has 238 valence electrons. The predicted octanol–water partition coefficient (Wildman–Crippen LogP) is 8.85. The lowest BCUT2D eigenvalue weighted by Crippen LogP contribution is -2.58. The number of carbonyl (C=O) groups excluding carboxylic acids is 2. The second kappa shape index (κ2) is 10.8. The summed E-state index contributed by atoms with van der Waals surface area (Å²) >= 11 is 0. The highest BCUT2D eigenvalue weighted by Gasteiger charge is 2.58. The van der Waals surface area contributed by atoms with Gasteiger partial charge < -0.3 is 0 Å². The molecule has 1 aromatic rings. The molecule has 0 spiro atoms. The Bertz CT molecular complexity index is 1110. The standard InChI is InChI=1S/C39H55N3O2/c43-36(38-20-26-14-27(21-38)16-28(15-26)22-38)41(32-8-3-1-4-9-32)34-12-7-13-35(40-34)42(33-10-5-2-6-11-33)37(44)39-23-29-17-30(24-39)19-31(18-29)25-39/h7,12-13,26-33H,1-6,8-11,14-25H2. The predicted molar refractivity (Wildman–Crippen MR) is 174 cm³/mol. The number of pyridine rings is 1. The van der Waals surface area contributed by atoms with Gasteiger partial charge in [-0.2, -0.15) is 0 Å². The quantitative estimate of drug-likeness (QED) is 0.329. The SMILES string of the molecule is O=C(N(c1cccc(N(C(=O)C23CC4CC(CC(C4)C2)C3)C2CCCCC2)n1)C1CCCCC1)C12CC3CC(CC(C3)C1)C2. The van der Waals surface area contributed by atoms with Gasteiger partial charge in [0.2, 0.25) is 11.8 Å². The van der Waals surface area contributed by atoms with Gasteiger partial charge in [0.05, 0.1) is 10.8 Å². The fourth-order valence-electron chi connectivity index (χ4n) is 13.5. The van der Waals surface area contributed by atoms with E-state index in [1.807, 2.05) is 0 Å². The fraction of sp³-hybridized carbons (Fsp3) is 0.821. The second-order valence-electron chi connectivity index (χ2n) is 17.7. The van der Waals surface area contributed by atoms with E-state index in [2.05, 4.69) is 28.0 Å². The maximum atomic E-state index is 15.0. The van der Waals surface area contributed by atoms with Crippen molar-refractivity contribution in [3.05, 3.63) is 18.2 Å². The fourth-order valence-corrected chi connectivity index (χ4v) is 13.5. The molecule has 0 aromatic carbocycles. The zero-order valence-corrected chi connectivity index (χ0v) is 27.1. The van der Waals surface area contributed by atoms with E-state index in [0.717, 1.165) is 111 Å². The summed E-state index contributed by atoms with van der Waals surface area (Å²) in [5.41, 5.74) is -0.357. The van der Waals surface area contributed by atoms with E-state index >= 15 is 9.59 Å².